The number of hydrogen-bond acceptors (Lipinski definition) is 3. The van der Waals surface area contributed by atoms with Gasteiger partial charge in [-0.25, -0.2) is 8.78 Å². The lowest BCUT2D eigenvalue weighted by Crippen LogP contribution is -2.29. The number of nitrogens with zero attached hydrogens (tertiary/aromatic N) is 1. The van der Waals surface area contributed by atoms with Crippen molar-refractivity contribution < 1.29 is 23.5 Å². The first-order valence-electron chi connectivity index (χ1n) is 10.1. The van der Waals surface area contributed by atoms with E-state index < -0.39 is 29.4 Å². The summed E-state index contributed by atoms with van der Waals surface area (Å²) < 4.78 is 28.1. The van der Waals surface area contributed by atoms with E-state index in [9.17, 15) is 23.5 Å². The van der Waals surface area contributed by atoms with Crippen molar-refractivity contribution in [2.24, 2.45) is 0 Å². The number of hydrogen-bond donors (Lipinski definition) is 1. The average Bonchev–Trinajstić information content (AvgIpc) is 3.02. The molecule has 1 heterocycles. The highest BCUT2D eigenvalue weighted by atomic mass is 19.1. The van der Waals surface area contributed by atoms with E-state index in [1.54, 1.807) is 24.3 Å². The van der Waals surface area contributed by atoms with Gasteiger partial charge in [0.1, 0.15) is 17.4 Å². The third kappa shape index (κ3) is 3.80. The van der Waals surface area contributed by atoms with Crippen molar-refractivity contribution in [2.75, 3.05) is 0 Å². The number of rotatable bonds is 4. The average molecular weight is 433 g/mol. The number of ketones is 1. The highest BCUT2D eigenvalue weighted by Gasteiger charge is 2.46. The maximum Gasteiger partial charge on any atom is 0.295 e. The number of likely N-dealkylation sites (tertiary alicyclic amines) is 1. The summed E-state index contributed by atoms with van der Waals surface area (Å²) in [6, 6.07) is 15.4. The van der Waals surface area contributed by atoms with Crippen molar-refractivity contribution in [3.05, 3.63) is 112 Å². The van der Waals surface area contributed by atoms with Crippen LogP contribution < -0.4 is 0 Å². The lowest BCUT2D eigenvalue weighted by atomic mass is 9.94. The van der Waals surface area contributed by atoms with Crippen LogP contribution in [0, 0.1) is 25.5 Å². The monoisotopic (exact) mass is 433 g/mol. The molecular formula is C26H21F2NO3. The van der Waals surface area contributed by atoms with Crippen molar-refractivity contribution >= 4 is 17.4 Å². The SMILES string of the molecule is Cc1ccc(/C(O)=C2\C(=O)C(=O)N(Cc3ccc(F)cc3)C2c2ccccc2F)cc1C. The van der Waals surface area contributed by atoms with E-state index in [1.165, 1.54) is 47.4 Å². The molecular weight excluding hydrogens is 412 g/mol. The molecule has 0 bridgehead atoms. The maximum absolute atomic E-state index is 14.8. The first-order valence-corrected chi connectivity index (χ1v) is 10.1. The minimum Gasteiger partial charge on any atom is -0.507 e. The summed E-state index contributed by atoms with van der Waals surface area (Å²) in [4.78, 5) is 27.2. The Hall–Kier alpha value is -3.80. The second-order valence-electron chi connectivity index (χ2n) is 7.87. The maximum atomic E-state index is 14.8. The first kappa shape index (κ1) is 21.4. The summed E-state index contributed by atoms with van der Waals surface area (Å²) in [6.07, 6.45) is 0. The fraction of sp³-hybridized carbons (Fsp3) is 0.154. The molecule has 1 atom stereocenters. The molecule has 4 rings (SSSR count). The van der Waals surface area contributed by atoms with Gasteiger partial charge in [-0.15, -0.1) is 0 Å². The van der Waals surface area contributed by atoms with Gasteiger partial charge in [0, 0.05) is 17.7 Å². The van der Waals surface area contributed by atoms with Crippen LogP contribution in [0.2, 0.25) is 0 Å². The zero-order valence-electron chi connectivity index (χ0n) is 17.6. The normalized spacial score (nSPS) is 17.8. The van der Waals surface area contributed by atoms with Crippen LogP contribution in [0.25, 0.3) is 5.76 Å². The molecule has 0 aliphatic carbocycles. The van der Waals surface area contributed by atoms with E-state index in [-0.39, 0.29) is 23.4 Å². The van der Waals surface area contributed by atoms with Crippen LogP contribution in [0.3, 0.4) is 0 Å². The number of aryl methyl sites for hydroxylation is 2. The van der Waals surface area contributed by atoms with E-state index in [0.29, 0.717) is 11.1 Å². The zero-order valence-corrected chi connectivity index (χ0v) is 17.6. The van der Waals surface area contributed by atoms with Crippen molar-refractivity contribution in [3.8, 4) is 0 Å². The smallest absolute Gasteiger partial charge is 0.295 e. The molecule has 0 saturated carbocycles. The Balaban J connectivity index is 1.88. The van der Waals surface area contributed by atoms with Gasteiger partial charge in [0.05, 0.1) is 11.6 Å². The number of benzene rings is 3. The van der Waals surface area contributed by atoms with Crippen LogP contribution in [0.1, 0.15) is 33.9 Å². The van der Waals surface area contributed by atoms with Crippen LogP contribution in [0.5, 0.6) is 0 Å². The van der Waals surface area contributed by atoms with E-state index in [0.717, 1.165) is 11.1 Å². The summed E-state index contributed by atoms with van der Waals surface area (Å²) in [7, 11) is 0. The van der Waals surface area contributed by atoms with Gasteiger partial charge in [0.25, 0.3) is 11.7 Å². The number of Topliss-reactive ketones (excluding diaryl/α,β-unsaturated/α-hetero) is 1. The Kier molecular flexibility index (Phi) is 5.61. The quantitative estimate of drug-likeness (QED) is 0.349. The number of halogens is 2. The minimum absolute atomic E-state index is 0.0481. The van der Waals surface area contributed by atoms with Crippen LogP contribution in [0.15, 0.2) is 72.3 Å². The van der Waals surface area contributed by atoms with Gasteiger partial charge in [-0.1, -0.05) is 42.5 Å². The number of carbonyl (C=O) groups is 2. The Morgan fingerprint density at radius 3 is 2.28 bits per heavy atom. The summed E-state index contributed by atoms with van der Waals surface area (Å²) in [5.74, 6) is -3.14. The number of carbonyl (C=O) groups excluding carboxylic acids is 2. The number of amides is 1. The Bertz CT molecular complexity index is 1250. The van der Waals surface area contributed by atoms with E-state index in [2.05, 4.69) is 0 Å². The third-order valence-electron chi connectivity index (χ3n) is 5.79. The summed E-state index contributed by atoms with van der Waals surface area (Å²) in [5, 5.41) is 11.1. The van der Waals surface area contributed by atoms with E-state index in [1.807, 2.05) is 13.8 Å². The molecule has 0 radical (unpaired) electrons. The highest BCUT2D eigenvalue weighted by Crippen LogP contribution is 2.41. The largest absolute Gasteiger partial charge is 0.507 e. The van der Waals surface area contributed by atoms with Crippen molar-refractivity contribution in [2.45, 2.75) is 26.4 Å². The molecule has 0 aromatic heterocycles. The van der Waals surface area contributed by atoms with Crippen LogP contribution in [-0.4, -0.2) is 21.7 Å². The molecule has 0 spiro atoms. The molecule has 162 valence electrons. The fourth-order valence-electron chi connectivity index (χ4n) is 3.89. The minimum atomic E-state index is -1.12. The molecule has 3 aromatic carbocycles. The molecule has 4 nitrogen and oxygen atoms in total. The van der Waals surface area contributed by atoms with Gasteiger partial charge in [0.2, 0.25) is 0 Å². The molecule has 1 unspecified atom stereocenters. The van der Waals surface area contributed by atoms with Gasteiger partial charge in [0.15, 0.2) is 0 Å². The third-order valence-corrected chi connectivity index (χ3v) is 5.79. The second-order valence-corrected chi connectivity index (χ2v) is 7.87. The Morgan fingerprint density at radius 2 is 1.62 bits per heavy atom. The molecule has 32 heavy (non-hydrogen) atoms. The van der Waals surface area contributed by atoms with Crippen molar-refractivity contribution in [1.82, 2.24) is 4.90 Å². The predicted octanol–water partition coefficient (Wildman–Crippen LogP) is 5.20. The predicted molar refractivity (Wildman–Crippen MR) is 117 cm³/mol. The summed E-state index contributed by atoms with van der Waals surface area (Å²) in [5.41, 5.74) is 2.76. The molecule has 1 N–H and O–H groups in total. The van der Waals surface area contributed by atoms with Crippen LogP contribution in [0.4, 0.5) is 8.78 Å². The van der Waals surface area contributed by atoms with Gasteiger partial charge < -0.3 is 10.0 Å². The molecule has 1 amide bonds. The first-order chi connectivity index (χ1) is 15.3. The van der Waals surface area contributed by atoms with Gasteiger partial charge in [-0.05, 0) is 54.8 Å². The van der Waals surface area contributed by atoms with Crippen molar-refractivity contribution in [1.29, 1.82) is 0 Å². The number of aliphatic hydroxyl groups is 1. The Morgan fingerprint density at radius 1 is 0.938 bits per heavy atom. The van der Waals surface area contributed by atoms with Crippen LogP contribution in [-0.2, 0) is 16.1 Å². The van der Waals surface area contributed by atoms with Crippen LogP contribution >= 0.6 is 0 Å². The second kappa shape index (κ2) is 8.38. The molecule has 1 fully saturated rings. The van der Waals surface area contributed by atoms with Crippen molar-refractivity contribution in [3.63, 3.8) is 0 Å². The molecule has 1 aliphatic heterocycles. The molecule has 6 heteroatoms. The molecule has 1 saturated heterocycles. The summed E-state index contributed by atoms with van der Waals surface area (Å²) >= 11 is 0. The topological polar surface area (TPSA) is 57.6 Å². The van der Waals surface area contributed by atoms with Gasteiger partial charge >= 0.3 is 0 Å². The lowest BCUT2D eigenvalue weighted by Gasteiger charge is -2.25. The number of aliphatic hydroxyl groups excluding tert-OH is 1. The Labute approximate surface area is 184 Å². The molecule has 1 aliphatic rings. The van der Waals surface area contributed by atoms with E-state index >= 15 is 0 Å². The fourth-order valence-corrected chi connectivity index (χ4v) is 3.89. The van der Waals surface area contributed by atoms with Gasteiger partial charge in [-0.2, -0.15) is 0 Å². The zero-order chi connectivity index (χ0) is 23.0. The van der Waals surface area contributed by atoms with Gasteiger partial charge in [-0.3, -0.25) is 9.59 Å². The van der Waals surface area contributed by atoms with E-state index in [4.69, 9.17) is 0 Å². The summed E-state index contributed by atoms with van der Waals surface area (Å²) in [6.45, 7) is 3.74. The highest BCUT2D eigenvalue weighted by molar-refractivity contribution is 6.46. The standard InChI is InChI=1S/C26H21F2NO3/c1-15-7-10-18(13-16(15)2)24(30)22-23(20-5-3-4-6-21(20)28)29(26(32)25(22)31)14-17-8-11-19(27)12-9-17/h3-13,23,30H,14H2,1-2H3/b24-22+. The molecule has 3 aromatic rings. The lowest BCUT2D eigenvalue weighted by molar-refractivity contribution is -0.140.